The minimum absolute atomic E-state index is 0.163. The molecule has 0 fully saturated rings. The van der Waals surface area contributed by atoms with Gasteiger partial charge in [-0.15, -0.1) is 0 Å². The topological polar surface area (TPSA) is 72.5 Å². The quantitative estimate of drug-likeness (QED) is 0.509. The number of hydrogen-bond donors (Lipinski definition) is 1. The molecule has 0 saturated heterocycles. The highest BCUT2D eigenvalue weighted by Crippen LogP contribution is 2.09. The van der Waals surface area contributed by atoms with Crippen molar-refractivity contribution < 1.29 is 19.1 Å². The van der Waals surface area contributed by atoms with Crippen molar-refractivity contribution >= 4 is 17.8 Å². The molecule has 1 aromatic rings. The van der Waals surface area contributed by atoms with Crippen LogP contribution in [0.2, 0.25) is 0 Å². The van der Waals surface area contributed by atoms with Gasteiger partial charge in [0.05, 0.1) is 0 Å². The minimum Gasteiger partial charge on any atom is -0.427 e. The summed E-state index contributed by atoms with van der Waals surface area (Å²) in [5.41, 5.74) is 0. The van der Waals surface area contributed by atoms with E-state index in [1.165, 1.54) is 12.2 Å². The van der Waals surface area contributed by atoms with Crippen LogP contribution in [0.5, 0.6) is 5.75 Å². The van der Waals surface area contributed by atoms with Crippen LogP contribution in [0.3, 0.4) is 0 Å². The summed E-state index contributed by atoms with van der Waals surface area (Å²) in [5.74, 6) is -0.199. The number of para-hydroxylation sites is 1. The zero-order valence-electron chi connectivity index (χ0n) is 10.6. The van der Waals surface area contributed by atoms with Gasteiger partial charge >= 0.3 is 5.97 Å². The fraction of sp³-hybridized carbons (Fsp3) is 0.214. The van der Waals surface area contributed by atoms with E-state index in [0.717, 1.165) is 6.42 Å². The molecule has 1 aromatic carbocycles. The predicted octanol–water partition coefficient (Wildman–Crippen LogP) is 1.59. The third kappa shape index (κ3) is 6.16. The largest absolute Gasteiger partial charge is 0.427 e. The Kier molecular flexibility index (Phi) is 6.02. The highest BCUT2D eigenvalue weighted by Gasteiger charge is 2.06. The van der Waals surface area contributed by atoms with E-state index in [2.05, 4.69) is 0 Å². The average molecular weight is 261 g/mol. The molecule has 0 atom stereocenters. The highest BCUT2D eigenvalue weighted by atomic mass is 16.5. The molecule has 0 unspecified atom stereocenters. The Morgan fingerprint density at radius 1 is 1.11 bits per heavy atom. The van der Waals surface area contributed by atoms with Crippen molar-refractivity contribution in [3.8, 4) is 5.75 Å². The van der Waals surface area contributed by atoms with Gasteiger partial charge in [0.1, 0.15) is 5.75 Å². The number of carbonyl (C=O) groups excluding carboxylic acids is 3. The van der Waals surface area contributed by atoms with Gasteiger partial charge in [-0.05, 0) is 18.6 Å². The van der Waals surface area contributed by atoms with Gasteiger partial charge in [-0.25, -0.2) is 0 Å². The van der Waals surface area contributed by atoms with E-state index in [4.69, 9.17) is 4.74 Å². The van der Waals surface area contributed by atoms with Crippen LogP contribution in [0, 0.1) is 0 Å². The summed E-state index contributed by atoms with van der Waals surface area (Å²) in [6.07, 6.45) is 3.70. The van der Waals surface area contributed by atoms with Gasteiger partial charge in [0.2, 0.25) is 0 Å². The number of ether oxygens (including phenoxy) is 1. The maximum Gasteiger partial charge on any atom is 0.311 e. The van der Waals surface area contributed by atoms with E-state index in [-0.39, 0.29) is 17.8 Å². The van der Waals surface area contributed by atoms with E-state index in [9.17, 15) is 14.4 Å². The molecule has 0 radical (unpaired) electrons. The van der Waals surface area contributed by atoms with E-state index >= 15 is 0 Å². The average Bonchev–Trinajstić information content (AvgIpc) is 2.75. The van der Waals surface area contributed by atoms with Crippen LogP contribution in [0.15, 0.2) is 42.5 Å². The van der Waals surface area contributed by atoms with Crippen LogP contribution >= 0.6 is 0 Å². The molecule has 0 saturated carbocycles. The SMILES string of the molecule is CCCC(=O)Oc1ccccc1.O=C1C=CC(=O)N1. The highest BCUT2D eigenvalue weighted by molar-refractivity contribution is 6.12. The Morgan fingerprint density at radius 3 is 2.11 bits per heavy atom. The summed E-state index contributed by atoms with van der Waals surface area (Å²) in [4.78, 5) is 31.1. The van der Waals surface area contributed by atoms with Crippen molar-refractivity contribution in [1.29, 1.82) is 0 Å². The Labute approximate surface area is 111 Å². The van der Waals surface area contributed by atoms with Crippen LogP contribution < -0.4 is 10.1 Å². The van der Waals surface area contributed by atoms with Gasteiger partial charge in [0.15, 0.2) is 0 Å². The molecule has 0 spiro atoms. The van der Waals surface area contributed by atoms with Gasteiger partial charge in [-0.3, -0.25) is 19.7 Å². The monoisotopic (exact) mass is 261 g/mol. The van der Waals surface area contributed by atoms with Gasteiger partial charge in [0, 0.05) is 18.6 Å². The summed E-state index contributed by atoms with van der Waals surface area (Å²) >= 11 is 0. The maximum absolute atomic E-state index is 11.0. The van der Waals surface area contributed by atoms with E-state index in [1.807, 2.05) is 30.4 Å². The number of hydrogen-bond acceptors (Lipinski definition) is 4. The molecule has 100 valence electrons. The van der Waals surface area contributed by atoms with Crippen molar-refractivity contribution in [2.24, 2.45) is 0 Å². The Morgan fingerprint density at radius 2 is 1.68 bits per heavy atom. The van der Waals surface area contributed by atoms with Crippen LogP contribution in [0.25, 0.3) is 0 Å². The molecule has 2 rings (SSSR count). The molecular formula is C14H15NO4. The lowest BCUT2D eigenvalue weighted by Gasteiger charge is -2.01. The predicted molar refractivity (Wildman–Crippen MR) is 69.3 cm³/mol. The van der Waals surface area contributed by atoms with Crippen molar-refractivity contribution in [2.75, 3.05) is 0 Å². The second kappa shape index (κ2) is 7.81. The number of nitrogens with one attached hydrogen (secondary N) is 1. The minimum atomic E-state index is -0.329. The van der Waals surface area contributed by atoms with Crippen LogP contribution in [-0.4, -0.2) is 17.8 Å². The van der Waals surface area contributed by atoms with E-state index in [1.54, 1.807) is 12.1 Å². The Bertz CT molecular complexity index is 463. The lowest BCUT2D eigenvalue weighted by molar-refractivity contribution is -0.134. The third-order valence-corrected chi connectivity index (χ3v) is 2.06. The summed E-state index contributed by atoms with van der Waals surface area (Å²) < 4.78 is 5.02. The molecular weight excluding hydrogens is 246 g/mol. The van der Waals surface area contributed by atoms with Gasteiger partial charge in [0.25, 0.3) is 11.8 Å². The van der Waals surface area contributed by atoms with Gasteiger partial charge in [-0.1, -0.05) is 25.1 Å². The molecule has 1 aliphatic rings. The molecule has 5 heteroatoms. The van der Waals surface area contributed by atoms with Crippen LogP contribution in [0.4, 0.5) is 0 Å². The molecule has 2 amide bonds. The number of benzene rings is 1. The number of rotatable bonds is 3. The van der Waals surface area contributed by atoms with Crippen LogP contribution in [0.1, 0.15) is 19.8 Å². The number of carbonyl (C=O) groups is 3. The maximum atomic E-state index is 11.0. The molecule has 0 aliphatic carbocycles. The summed E-state index contributed by atoms with van der Waals surface area (Å²) in [6.45, 7) is 1.95. The fourth-order valence-corrected chi connectivity index (χ4v) is 1.23. The molecule has 5 nitrogen and oxygen atoms in total. The molecule has 1 heterocycles. The van der Waals surface area contributed by atoms with Crippen molar-refractivity contribution in [3.05, 3.63) is 42.5 Å². The second-order valence-corrected chi connectivity index (χ2v) is 3.72. The summed E-state index contributed by atoms with van der Waals surface area (Å²) in [5, 5.41) is 2.03. The zero-order valence-corrected chi connectivity index (χ0v) is 10.6. The number of amides is 2. The molecule has 0 aromatic heterocycles. The smallest absolute Gasteiger partial charge is 0.311 e. The summed E-state index contributed by atoms with van der Waals surface area (Å²) in [6, 6.07) is 9.11. The van der Waals surface area contributed by atoms with Crippen molar-refractivity contribution in [1.82, 2.24) is 5.32 Å². The first-order chi connectivity index (χ1) is 9.11. The zero-order chi connectivity index (χ0) is 14.1. The molecule has 1 aliphatic heterocycles. The van der Waals surface area contributed by atoms with E-state index < -0.39 is 0 Å². The third-order valence-electron chi connectivity index (χ3n) is 2.06. The lowest BCUT2D eigenvalue weighted by Crippen LogP contribution is -2.19. The van der Waals surface area contributed by atoms with Crippen molar-refractivity contribution in [2.45, 2.75) is 19.8 Å². The fourth-order valence-electron chi connectivity index (χ4n) is 1.23. The van der Waals surface area contributed by atoms with Gasteiger partial charge < -0.3 is 4.74 Å². The normalized spacial score (nSPS) is 12.5. The lowest BCUT2D eigenvalue weighted by atomic mass is 10.3. The van der Waals surface area contributed by atoms with Gasteiger partial charge in [-0.2, -0.15) is 0 Å². The first-order valence-electron chi connectivity index (χ1n) is 5.90. The summed E-state index contributed by atoms with van der Waals surface area (Å²) in [7, 11) is 0. The first kappa shape index (κ1) is 14.6. The number of imide groups is 1. The van der Waals surface area contributed by atoms with Crippen LogP contribution in [-0.2, 0) is 14.4 Å². The molecule has 1 N–H and O–H groups in total. The Balaban J connectivity index is 0.000000218. The Hall–Kier alpha value is -2.43. The standard InChI is InChI=1S/C10H12O2.C4H3NO2/c1-2-6-10(11)12-9-7-4-3-5-8-9;6-3-1-2-4(7)5-3/h3-5,7-8H,2,6H2,1H3;1-2H,(H,5,6,7). The second-order valence-electron chi connectivity index (χ2n) is 3.72. The van der Waals surface area contributed by atoms with Crippen molar-refractivity contribution in [3.63, 3.8) is 0 Å². The number of esters is 1. The van der Waals surface area contributed by atoms with E-state index in [0.29, 0.717) is 12.2 Å². The molecule has 19 heavy (non-hydrogen) atoms. The molecule has 0 bridgehead atoms. The first-order valence-corrected chi connectivity index (χ1v) is 5.90.